The van der Waals surface area contributed by atoms with E-state index in [0.717, 1.165) is 56.8 Å². The fourth-order valence-corrected chi connectivity index (χ4v) is 4.41. The Morgan fingerprint density at radius 1 is 1.00 bits per heavy atom. The fraction of sp³-hybridized carbons (Fsp3) is 0.458. The van der Waals surface area contributed by atoms with Gasteiger partial charge in [0.25, 0.3) is 0 Å². The van der Waals surface area contributed by atoms with Gasteiger partial charge in [-0.3, -0.25) is 14.6 Å². The Morgan fingerprint density at radius 3 is 2.30 bits per heavy atom. The van der Waals surface area contributed by atoms with Gasteiger partial charge in [-0.1, -0.05) is 31.2 Å². The monoisotopic (exact) mass is 413 g/mol. The highest BCUT2D eigenvalue weighted by Crippen LogP contribution is 2.43. The number of nitrogens with zero attached hydrogens (tertiary/aromatic N) is 3. The minimum atomic E-state index is -0.802. The second-order valence-corrected chi connectivity index (χ2v) is 8.40. The van der Waals surface area contributed by atoms with E-state index in [9.17, 15) is 13.6 Å². The number of amides is 1. The third kappa shape index (κ3) is 4.55. The maximum atomic E-state index is 13.5. The van der Waals surface area contributed by atoms with Crippen molar-refractivity contribution in [2.24, 2.45) is 0 Å². The lowest BCUT2D eigenvalue weighted by atomic mass is 10.1. The van der Waals surface area contributed by atoms with E-state index >= 15 is 0 Å². The molecule has 1 aliphatic heterocycles. The standard InChI is InChI=1S/C24H29F2N3O/c1-2-23(30)29(20-6-4-3-5-7-20)18-24(10-11-24)28-14-12-27(13-15-28)17-19-8-9-21(25)22(26)16-19/h3-9,16H,2,10-15,17-18H2,1H3. The highest BCUT2D eigenvalue weighted by molar-refractivity contribution is 5.93. The Morgan fingerprint density at radius 2 is 1.70 bits per heavy atom. The van der Waals surface area contributed by atoms with Crippen LogP contribution in [0.1, 0.15) is 31.7 Å². The first kappa shape index (κ1) is 20.9. The molecule has 1 amide bonds. The molecule has 1 saturated heterocycles. The second kappa shape index (κ2) is 8.82. The Labute approximate surface area is 177 Å². The molecule has 0 radical (unpaired) electrons. The van der Waals surface area contributed by atoms with Crippen LogP contribution in [0.5, 0.6) is 0 Å². The number of halogens is 2. The van der Waals surface area contributed by atoms with Gasteiger partial charge in [0.15, 0.2) is 11.6 Å². The van der Waals surface area contributed by atoms with Gasteiger partial charge in [-0.05, 0) is 42.7 Å². The molecule has 0 N–H and O–H groups in total. The SMILES string of the molecule is CCC(=O)N(CC1(N2CCN(Cc3ccc(F)c(F)c3)CC2)CC1)c1ccccc1. The van der Waals surface area contributed by atoms with E-state index in [-0.39, 0.29) is 11.4 Å². The van der Waals surface area contributed by atoms with Crippen molar-refractivity contribution < 1.29 is 13.6 Å². The summed E-state index contributed by atoms with van der Waals surface area (Å²) in [4.78, 5) is 19.4. The number of carbonyl (C=O) groups is 1. The molecule has 2 fully saturated rings. The van der Waals surface area contributed by atoms with Crippen LogP contribution in [0.15, 0.2) is 48.5 Å². The lowest BCUT2D eigenvalue weighted by molar-refractivity contribution is -0.118. The third-order valence-electron chi connectivity index (χ3n) is 6.38. The van der Waals surface area contributed by atoms with Crippen molar-refractivity contribution in [3.8, 4) is 0 Å². The molecule has 2 aliphatic rings. The third-order valence-corrected chi connectivity index (χ3v) is 6.38. The Kier molecular flexibility index (Phi) is 6.16. The molecule has 6 heteroatoms. The van der Waals surface area contributed by atoms with Crippen LogP contribution in [0.3, 0.4) is 0 Å². The lowest BCUT2D eigenvalue weighted by Crippen LogP contribution is -2.55. The molecule has 4 nitrogen and oxygen atoms in total. The van der Waals surface area contributed by atoms with Crippen molar-refractivity contribution in [2.45, 2.75) is 38.3 Å². The van der Waals surface area contributed by atoms with Crippen molar-refractivity contribution in [1.82, 2.24) is 9.80 Å². The van der Waals surface area contributed by atoms with E-state index < -0.39 is 11.6 Å². The van der Waals surface area contributed by atoms with Crippen molar-refractivity contribution in [2.75, 3.05) is 37.6 Å². The first-order valence-electron chi connectivity index (χ1n) is 10.8. The van der Waals surface area contributed by atoms with Gasteiger partial charge >= 0.3 is 0 Å². The molecule has 2 aromatic carbocycles. The van der Waals surface area contributed by atoms with E-state index in [4.69, 9.17) is 0 Å². The van der Waals surface area contributed by atoms with Crippen LogP contribution in [0.25, 0.3) is 0 Å². The summed E-state index contributed by atoms with van der Waals surface area (Å²) in [5, 5.41) is 0. The normalized spacial score (nSPS) is 18.9. The lowest BCUT2D eigenvalue weighted by Gasteiger charge is -2.41. The molecule has 1 saturated carbocycles. The molecule has 0 bridgehead atoms. The minimum Gasteiger partial charge on any atom is -0.311 e. The average Bonchev–Trinajstić information content (AvgIpc) is 3.56. The molecule has 2 aromatic rings. The number of rotatable bonds is 7. The maximum Gasteiger partial charge on any atom is 0.226 e. The number of hydrogen-bond donors (Lipinski definition) is 0. The van der Waals surface area contributed by atoms with Crippen LogP contribution in [-0.2, 0) is 11.3 Å². The van der Waals surface area contributed by atoms with E-state index in [1.165, 1.54) is 12.1 Å². The zero-order chi connectivity index (χ0) is 21.1. The van der Waals surface area contributed by atoms with Crippen LogP contribution in [0.2, 0.25) is 0 Å². The van der Waals surface area contributed by atoms with Gasteiger partial charge in [0.1, 0.15) is 0 Å². The highest BCUT2D eigenvalue weighted by Gasteiger charge is 2.50. The summed E-state index contributed by atoms with van der Waals surface area (Å²) in [7, 11) is 0. The number of anilines is 1. The molecular weight excluding hydrogens is 384 g/mol. The molecule has 0 atom stereocenters. The smallest absolute Gasteiger partial charge is 0.226 e. The Balaban J connectivity index is 1.37. The minimum absolute atomic E-state index is 0.0642. The summed E-state index contributed by atoms with van der Waals surface area (Å²) in [6, 6.07) is 14.1. The zero-order valence-corrected chi connectivity index (χ0v) is 17.5. The van der Waals surface area contributed by atoms with Crippen LogP contribution in [0.4, 0.5) is 14.5 Å². The average molecular weight is 414 g/mol. The zero-order valence-electron chi connectivity index (χ0n) is 17.5. The van der Waals surface area contributed by atoms with Crippen molar-refractivity contribution in [3.05, 3.63) is 65.7 Å². The predicted molar refractivity (Wildman–Crippen MR) is 114 cm³/mol. The summed E-state index contributed by atoms with van der Waals surface area (Å²) >= 11 is 0. The largest absolute Gasteiger partial charge is 0.311 e. The topological polar surface area (TPSA) is 26.8 Å². The Bertz CT molecular complexity index is 877. The van der Waals surface area contributed by atoms with Crippen LogP contribution in [-0.4, -0.2) is 54.0 Å². The summed E-state index contributed by atoms with van der Waals surface area (Å²) < 4.78 is 26.6. The summed E-state index contributed by atoms with van der Waals surface area (Å²) in [5.74, 6) is -1.43. The van der Waals surface area contributed by atoms with Crippen LogP contribution >= 0.6 is 0 Å². The molecular formula is C24H29F2N3O. The van der Waals surface area contributed by atoms with Gasteiger partial charge < -0.3 is 4.90 Å². The molecule has 1 aliphatic carbocycles. The summed E-state index contributed by atoms with van der Waals surface area (Å²) in [6.07, 6.45) is 2.71. The number of piperazine rings is 1. The van der Waals surface area contributed by atoms with Gasteiger partial charge in [-0.2, -0.15) is 0 Å². The number of benzene rings is 2. The highest BCUT2D eigenvalue weighted by atomic mass is 19.2. The predicted octanol–water partition coefficient (Wildman–Crippen LogP) is 4.06. The van der Waals surface area contributed by atoms with Crippen molar-refractivity contribution in [1.29, 1.82) is 0 Å². The van der Waals surface area contributed by atoms with E-state index in [2.05, 4.69) is 9.80 Å². The molecule has 160 valence electrons. The van der Waals surface area contributed by atoms with Crippen molar-refractivity contribution >= 4 is 11.6 Å². The first-order chi connectivity index (χ1) is 14.5. The van der Waals surface area contributed by atoms with Crippen molar-refractivity contribution in [3.63, 3.8) is 0 Å². The van der Waals surface area contributed by atoms with Crippen LogP contribution in [0, 0.1) is 11.6 Å². The van der Waals surface area contributed by atoms with Gasteiger partial charge in [-0.25, -0.2) is 8.78 Å². The maximum absolute atomic E-state index is 13.5. The number of para-hydroxylation sites is 1. The molecule has 4 rings (SSSR count). The van der Waals surface area contributed by atoms with Gasteiger partial charge in [0.2, 0.25) is 5.91 Å². The molecule has 30 heavy (non-hydrogen) atoms. The van der Waals surface area contributed by atoms with E-state index in [1.807, 2.05) is 42.2 Å². The van der Waals surface area contributed by atoms with Crippen LogP contribution < -0.4 is 4.90 Å². The summed E-state index contributed by atoms with van der Waals surface area (Å²) in [5.41, 5.74) is 1.83. The summed E-state index contributed by atoms with van der Waals surface area (Å²) in [6.45, 7) is 6.88. The Hall–Kier alpha value is -2.31. The van der Waals surface area contributed by atoms with E-state index in [1.54, 1.807) is 6.07 Å². The van der Waals surface area contributed by atoms with Gasteiger partial charge in [0.05, 0.1) is 0 Å². The van der Waals surface area contributed by atoms with E-state index in [0.29, 0.717) is 13.0 Å². The fourth-order valence-electron chi connectivity index (χ4n) is 4.41. The first-order valence-corrected chi connectivity index (χ1v) is 10.8. The molecule has 0 unspecified atom stereocenters. The number of hydrogen-bond acceptors (Lipinski definition) is 3. The van der Waals surface area contributed by atoms with Gasteiger partial charge in [-0.15, -0.1) is 0 Å². The quantitative estimate of drug-likeness (QED) is 0.685. The molecule has 0 aromatic heterocycles. The van der Waals surface area contributed by atoms with Gasteiger partial charge in [0, 0.05) is 56.9 Å². The number of carbonyl (C=O) groups excluding carboxylic acids is 1. The molecule has 1 heterocycles. The molecule has 0 spiro atoms. The second-order valence-electron chi connectivity index (χ2n) is 8.40.